The molecule has 9 heavy (non-hydrogen) atoms. The summed E-state index contributed by atoms with van der Waals surface area (Å²) < 4.78 is 9.39. The minimum atomic E-state index is 0.0231. The predicted molar refractivity (Wildman–Crippen MR) is 35.6 cm³/mol. The van der Waals surface area contributed by atoms with Crippen molar-refractivity contribution >= 4 is 11.6 Å². The first-order valence-electron chi connectivity index (χ1n) is 3.11. The molecule has 0 saturated carbocycles. The maximum absolute atomic E-state index is 5.31. The van der Waals surface area contributed by atoms with Crippen LogP contribution in [0.25, 0.3) is 0 Å². The molecule has 2 rings (SSSR count). The monoisotopic (exact) mass is 150 g/mol. The van der Waals surface area contributed by atoms with Gasteiger partial charge in [0.15, 0.2) is 5.56 Å². The standard InChI is InChI=1S/C3H5ClO.C3H6O/c1-2-3(4)5-2;1-3-2-4-3/h2-3H,1H3;3H,2H2,1H3. The van der Waals surface area contributed by atoms with Gasteiger partial charge in [-0.1, -0.05) is 11.6 Å². The van der Waals surface area contributed by atoms with E-state index in [4.69, 9.17) is 16.3 Å². The van der Waals surface area contributed by atoms with E-state index in [0.29, 0.717) is 12.2 Å². The van der Waals surface area contributed by atoms with Crippen LogP contribution in [0.1, 0.15) is 13.8 Å². The van der Waals surface area contributed by atoms with E-state index in [1.807, 2.05) is 6.92 Å². The Balaban J connectivity index is 0.0000000922. The van der Waals surface area contributed by atoms with E-state index in [-0.39, 0.29) is 5.56 Å². The van der Waals surface area contributed by atoms with Crippen LogP contribution in [0.5, 0.6) is 0 Å². The number of halogens is 1. The van der Waals surface area contributed by atoms with Gasteiger partial charge in [0.2, 0.25) is 0 Å². The highest BCUT2D eigenvalue weighted by atomic mass is 35.5. The Morgan fingerprint density at radius 2 is 1.67 bits per heavy atom. The summed E-state index contributed by atoms with van der Waals surface area (Å²) in [5, 5.41) is 0. The fourth-order valence-electron chi connectivity index (χ4n) is 0.256. The van der Waals surface area contributed by atoms with Crippen LogP contribution in [0.2, 0.25) is 0 Å². The molecule has 2 aliphatic rings. The van der Waals surface area contributed by atoms with Crippen molar-refractivity contribution in [3.8, 4) is 0 Å². The van der Waals surface area contributed by atoms with Crippen molar-refractivity contribution in [1.29, 1.82) is 0 Å². The molecule has 0 aromatic rings. The highest BCUT2D eigenvalue weighted by Crippen LogP contribution is 2.23. The summed E-state index contributed by atoms with van der Waals surface area (Å²) in [6.45, 7) is 4.98. The molecule has 3 unspecified atom stereocenters. The second-order valence-corrected chi connectivity index (χ2v) is 2.77. The van der Waals surface area contributed by atoms with E-state index in [1.54, 1.807) is 0 Å². The molecule has 0 spiro atoms. The van der Waals surface area contributed by atoms with Crippen molar-refractivity contribution in [1.82, 2.24) is 0 Å². The Morgan fingerprint density at radius 1 is 1.44 bits per heavy atom. The third-order valence-corrected chi connectivity index (χ3v) is 1.59. The summed E-state index contributed by atoms with van der Waals surface area (Å²) in [6.07, 6.45) is 0.900. The molecule has 3 heteroatoms. The molecule has 2 aliphatic heterocycles. The van der Waals surface area contributed by atoms with E-state index in [0.717, 1.165) is 6.61 Å². The number of hydrogen-bond donors (Lipinski definition) is 0. The maximum Gasteiger partial charge on any atom is 0.157 e. The molecular formula is C6H11ClO2. The maximum atomic E-state index is 5.31. The molecule has 0 bridgehead atoms. The third-order valence-electron chi connectivity index (χ3n) is 1.14. The van der Waals surface area contributed by atoms with Crippen LogP contribution < -0.4 is 0 Å². The summed E-state index contributed by atoms with van der Waals surface area (Å²) in [5.41, 5.74) is 0.0231. The lowest BCUT2D eigenvalue weighted by molar-refractivity contribution is 0.411. The zero-order valence-electron chi connectivity index (χ0n) is 5.63. The molecular weight excluding hydrogens is 140 g/mol. The van der Waals surface area contributed by atoms with Crippen LogP contribution in [0.3, 0.4) is 0 Å². The first kappa shape index (κ1) is 7.32. The van der Waals surface area contributed by atoms with E-state index in [2.05, 4.69) is 11.7 Å². The van der Waals surface area contributed by atoms with Crippen molar-refractivity contribution in [2.24, 2.45) is 0 Å². The van der Waals surface area contributed by atoms with Gasteiger partial charge in [0, 0.05) is 0 Å². The molecule has 2 fully saturated rings. The highest BCUT2D eigenvalue weighted by Gasteiger charge is 2.30. The van der Waals surface area contributed by atoms with Gasteiger partial charge in [-0.05, 0) is 13.8 Å². The van der Waals surface area contributed by atoms with Crippen molar-refractivity contribution in [2.45, 2.75) is 31.6 Å². The Bertz CT molecular complexity index is 87.1. The summed E-state index contributed by atoms with van der Waals surface area (Å²) in [7, 11) is 0. The van der Waals surface area contributed by atoms with E-state index in [9.17, 15) is 0 Å². The third kappa shape index (κ3) is 3.73. The summed E-state index contributed by atoms with van der Waals surface area (Å²) in [6, 6.07) is 0. The molecule has 0 aliphatic carbocycles. The van der Waals surface area contributed by atoms with Gasteiger partial charge < -0.3 is 9.47 Å². The summed E-state index contributed by atoms with van der Waals surface area (Å²) in [4.78, 5) is 0. The van der Waals surface area contributed by atoms with Gasteiger partial charge >= 0.3 is 0 Å². The Kier molecular flexibility index (Phi) is 2.33. The van der Waals surface area contributed by atoms with Gasteiger partial charge in [-0.3, -0.25) is 0 Å². The zero-order valence-corrected chi connectivity index (χ0v) is 6.39. The summed E-state index contributed by atoms with van der Waals surface area (Å²) in [5.74, 6) is 0. The van der Waals surface area contributed by atoms with Crippen molar-refractivity contribution in [3.05, 3.63) is 0 Å². The van der Waals surface area contributed by atoms with Crippen LogP contribution in [-0.4, -0.2) is 24.4 Å². The molecule has 54 valence electrons. The lowest BCUT2D eigenvalue weighted by Gasteiger charge is -1.55. The topological polar surface area (TPSA) is 25.1 Å². The molecule has 2 nitrogen and oxygen atoms in total. The average molecular weight is 151 g/mol. The quantitative estimate of drug-likeness (QED) is 0.385. The Morgan fingerprint density at radius 3 is 1.67 bits per heavy atom. The molecule has 0 aromatic carbocycles. The second kappa shape index (κ2) is 2.86. The SMILES string of the molecule is CC1CO1.CC1OC1Cl. The lowest BCUT2D eigenvalue weighted by Crippen LogP contribution is -1.69. The predicted octanol–water partition coefficient (Wildman–Crippen LogP) is 1.38. The van der Waals surface area contributed by atoms with Gasteiger partial charge in [-0.2, -0.15) is 0 Å². The molecule has 0 amide bonds. The molecule has 0 radical (unpaired) electrons. The first-order valence-corrected chi connectivity index (χ1v) is 3.55. The fourth-order valence-corrected chi connectivity index (χ4v) is 0.418. The minimum Gasteiger partial charge on any atom is -0.373 e. The number of epoxide rings is 2. The van der Waals surface area contributed by atoms with Gasteiger partial charge in [0.05, 0.1) is 18.8 Å². The number of alkyl halides is 1. The molecule has 0 aromatic heterocycles. The number of ether oxygens (including phenoxy) is 2. The van der Waals surface area contributed by atoms with E-state index < -0.39 is 0 Å². The first-order chi connectivity index (χ1) is 4.20. The highest BCUT2D eigenvalue weighted by molar-refractivity contribution is 6.21. The molecule has 3 atom stereocenters. The van der Waals surface area contributed by atoms with Crippen LogP contribution in [0.4, 0.5) is 0 Å². The average Bonchev–Trinajstić information content (AvgIpc) is 2.59. The molecule has 2 heterocycles. The van der Waals surface area contributed by atoms with Crippen molar-refractivity contribution in [3.63, 3.8) is 0 Å². The van der Waals surface area contributed by atoms with Crippen LogP contribution in [-0.2, 0) is 9.47 Å². The van der Waals surface area contributed by atoms with Crippen LogP contribution >= 0.6 is 11.6 Å². The van der Waals surface area contributed by atoms with E-state index >= 15 is 0 Å². The van der Waals surface area contributed by atoms with Gasteiger partial charge in [0.25, 0.3) is 0 Å². The van der Waals surface area contributed by atoms with E-state index in [1.165, 1.54) is 0 Å². The van der Waals surface area contributed by atoms with Gasteiger partial charge in [-0.25, -0.2) is 0 Å². The normalized spacial score (nSPS) is 45.0. The largest absolute Gasteiger partial charge is 0.373 e. The summed E-state index contributed by atoms with van der Waals surface area (Å²) >= 11 is 5.31. The second-order valence-electron chi connectivity index (χ2n) is 2.34. The van der Waals surface area contributed by atoms with Crippen molar-refractivity contribution < 1.29 is 9.47 Å². The fraction of sp³-hybridized carbons (Fsp3) is 1.00. The lowest BCUT2D eigenvalue weighted by atomic mass is 10.6. The van der Waals surface area contributed by atoms with Gasteiger partial charge in [0.1, 0.15) is 0 Å². The Hall–Kier alpha value is 0.210. The van der Waals surface area contributed by atoms with Crippen molar-refractivity contribution in [2.75, 3.05) is 6.61 Å². The van der Waals surface area contributed by atoms with Crippen LogP contribution in [0, 0.1) is 0 Å². The minimum absolute atomic E-state index is 0.0231. The smallest absolute Gasteiger partial charge is 0.157 e. The number of rotatable bonds is 0. The van der Waals surface area contributed by atoms with Crippen LogP contribution in [0.15, 0.2) is 0 Å². The van der Waals surface area contributed by atoms with Gasteiger partial charge in [-0.15, -0.1) is 0 Å². The molecule has 0 N–H and O–H groups in total. The zero-order chi connectivity index (χ0) is 6.85. The number of hydrogen-bond acceptors (Lipinski definition) is 2. The Labute approximate surface area is 60.1 Å². The molecule has 2 saturated heterocycles.